The monoisotopic (exact) mass is 229 g/mol. The predicted octanol–water partition coefficient (Wildman–Crippen LogP) is 1.03. The Kier molecular flexibility index (Phi) is 5.77. The van der Waals surface area contributed by atoms with Gasteiger partial charge < -0.3 is 14.7 Å². The number of carbonyl (C=O) groups excluding carboxylic acids is 1. The first-order valence-corrected chi connectivity index (χ1v) is 6.19. The smallest absolute Gasteiger partial charge is 0.307 e. The zero-order chi connectivity index (χ0) is 12.0. The Morgan fingerprint density at radius 3 is 2.62 bits per heavy atom. The van der Waals surface area contributed by atoms with Crippen molar-refractivity contribution in [1.29, 1.82) is 0 Å². The van der Waals surface area contributed by atoms with E-state index in [1.807, 2.05) is 13.8 Å². The molecule has 1 aliphatic heterocycles. The molecule has 94 valence electrons. The van der Waals surface area contributed by atoms with Crippen LogP contribution in [-0.2, 0) is 9.53 Å². The minimum atomic E-state index is -0.202. The van der Waals surface area contributed by atoms with Gasteiger partial charge in [0.1, 0.15) is 0 Å². The lowest BCUT2D eigenvalue weighted by atomic mass is 9.92. The van der Waals surface area contributed by atoms with Crippen molar-refractivity contribution in [2.45, 2.75) is 39.2 Å². The molecule has 0 amide bonds. The molecular weight excluding hydrogens is 206 g/mol. The van der Waals surface area contributed by atoms with Gasteiger partial charge in [0.25, 0.3) is 0 Å². The average Bonchev–Trinajstić information content (AvgIpc) is 2.27. The zero-order valence-electron chi connectivity index (χ0n) is 10.3. The number of carbonyl (C=O) groups is 1. The molecule has 0 aromatic carbocycles. The van der Waals surface area contributed by atoms with Crippen LogP contribution < -0.4 is 0 Å². The number of hydrogen-bond acceptors (Lipinski definition) is 4. The second-order valence-electron chi connectivity index (χ2n) is 4.47. The number of esters is 1. The van der Waals surface area contributed by atoms with E-state index in [4.69, 9.17) is 4.74 Å². The highest BCUT2D eigenvalue weighted by Gasteiger charge is 2.22. The predicted molar refractivity (Wildman–Crippen MR) is 62.1 cm³/mol. The van der Waals surface area contributed by atoms with Crippen LogP contribution in [0.1, 0.15) is 33.1 Å². The Labute approximate surface area is 97.6 Å². The lowest BCUT2D eigenvalue weighted by Gasteiger charge is -2.32. The van der Waals surface area contributed by atoms with Crippen molar-refractivity contribution in [2.24, 2.45) is 5.92 Å². The first-order valence-electron chi connectivity index (χ1n) is 6.19. The summed E-state index contributed by atoms with van der Waals surface area (Å²) in [6.07, 6.45) is 2.33. The van der Waals surface area contributed by atoms with Crippen LogP contribution in [0.2, 0.25) is 0 Å². The van der Waals surface area contributed by atoms with Gasteiger partial charge in [-0.1, -0.05) is 0 Å². The van der Waals surface area contributed by atoms with Crippen LogP contribution in [0.15, 0.2) is 0 Å². The second-order valence-corrected chi connectivity index (χ2v) is 4.47. The standard InChI is InChI=1S/C12H23NO3/c1-3-16-12(15)6-9-13-7-4-11(5-8-13)10(2)14/h10-11,14H,3-9H2,1-2H3. The number of aliphatic hydroxyl groups is 1. The summed E-state index contributed by atoms with van der Waals surface area (Å²) in [5, 5.41) is 9.46. The van der Waals surface area contributed by atoms with E-state index in [1.54, 1.807) is 0 Å². The molecule has 1 heterocycles. The van der Waals surface area contributed by atoms with Gasteiger partial charge in [0, 0.05) is 6.54 Å². The summed E-state index contributed by atoms with van der Waals surface area (Å²) in [6, 6.07) is 0. The molecule has 0 saturated carbocycles. The van der Waals surface area contributed by atoms with Gasteiger partial charge in [-0.15, -0.1) is 0 Å². The summed E-state index contributed by atoms with van der Waals surface area (Å²) in [5.41, 5.74) is 0. The van der Waals surface area contributed by atoms with Gasteiger partial charge in [0.05, 0.1) is 19.1 Å². The maximum Gasteiger partial charge on any atom is 0.307 e. The van der Waals surface area contributed by atoms with E-state index >= 15 is 0 Å². The Bertz CT molecular complexity index is 210. The number of hydrogen-bond donors (Lipinski definition) is 1. The third kappa shape index (κ3) is 4.49. The van der Waals surface area contributed by atoms with Crippen LogP contribution in [-0.4, -0.2) is 48.3 Å². The topological polar surface area (TPSA) is 49.8 Å². The van der Waals surface area contributed by atoms with Gasteiger partial charge in [-0.05, 0) is 45.7 Å². The molecule has 16 heavy (non-hydrogen) atoms. The van der Waals surface area contributed by atoms with Crippen LogP contribution in [0, 0.1) is 5.92 Å². The molecule has 4 nitrogen and oxygen atoms in total. The van der Waals surface area contributed by atoms with Crippen molar-refractivity contribution in [3.8, 4) is 0 Å². The molecule has 1 fully saturated rings. The van der Waals surface area contributed by atoms with Gasteiger partial charge in [-0.2, -0.15) is 0 Å². The van der Waals surface area contributed by atoms with E-state index in [9.17, 15) is 9.90 Å². The van der Waals surface area contributed by atoms with E-state index in [0.29, 0.717) is 18.9 Å². The third-order valence-corrected chi connectivity index (χ3v) is 3.25. The SMILES string of the molecule is CCOC(=O)CCN1CCC(C(C)O)CC1. The van der Waals surface area contributed by atoms with Gasteiger partial charge in [-0.3, -0.25) is 4.79 Å². The van der Waals surface area contributed by atoms with Gasteiger partial charge >= 0.3 is 5.97 Å². The van der Waals surface area contributed by atoms with Crippen molar-refractivity contribution >= 4 is 5.97 Å². The molecule has 0 aliphatic carbocycles. The Morgan fingerprint density at radius 2 is 2.12 bits per heavy atom. The summed E-state index contributed by atoms with van der Waals surface area (Å²) < 4.78 is 4.89. The zero-order valence-corrected chi connectivity index (χ0v) is 10.3. The van der Waals surface area contributed by atoms with Crippen LogP contribution >= 0.6 is 0 Å². The number of piperidine rings is 1. The molecule has 1 saturated heterocycles. The fourth-order valence-electron chi connectivity index (χ4n) is 2.14. The Hall–Kier alpha value is -0.610. The molecule has 0 bridgehead atoms. The highest BCUT2D eigenvalue weighted by Crippen LogP contribution is 2.20. The first-order chi connectivity index (χ1) is 7.63. The maximum atomic E-state index is 11.2. The first kappa shape index (κ1) is 13.5. The second kappa shape index (κ2) is 6.86. The van der Waals surface area contributed by atoms with Crippen molar-refractivity contribution in [3.05, 3.63) is 0 Å². The third-order valence-electron chi connectivity index (χ3n) is 3.25. The minimum Gasteiger partial charge on any atom is -0.466 e. The minimum absolute atomic E-state index is 0.111. The summed E-state index contributed by atoms with van der Waals surface area (Å²) in [7, 11) is 0. The van der Waals surface area contributed by atoms with Gasteiger partial charge in [0.2, 0.25) is 0 Å². The van der Waals surface area contributed by atoms with E-state index in [1.165, 1.54) is 0 Å². The molecule has 0 radical (unpaired) electrons. The summed E-state index contributed by atoms with van der Waals surface area (Å²) in [4.78, 5) is 13.4. The normalized spacial score (nSPS) is 20.7. The van der Waals surface area contributed by atoms with Crippen LogP contribution in [0.4, 0.5) is 0 Å². The number of ether oxygens (including phenoxy) is 1. The van der Waals surface area contributed by atoms with E-state index < -0.39 is 0 Å². The molecule has 0 aromatic rings. The van der Waals surface area contributed by atoms with Crippen LogP contribution in [0.25, 0.3) is 0 Å². The van der Waals surface area contributed by atoms with Crippen LogP contribution in [0.3, 0.4) is 0 Å². The number of nitrogens with zero attached hydrogens (tertiary/aromatic N) is 1. The van der Waals surface area contributed by atoms with E-state index in [0.717, 1.165) is 32.5 Å². The molecule has 1 atom stereocenters. The molecule has 1 unspecified atom stereocenters. The summed E-state index contributed by atoms with van der Waals surface area (Å²) in [6.45, 7) is 6.89. The number of aliphatic hydroxyl groups excluding tert-OH is 1. The molecule has 0 aromatic heterocycles. The molecule has 4 heteroatoms. The van der Waals surface area contributed by atoms with Crippen molar-refractivity contribution < 1.29 is 14.6 Å². The molecular formula is C12H23NO3. The quantitative estimate of drug-likeness (QED) is 0.715. The van der Waals surface area contributed by atoms with Crippen molar-refractivity contribution in [3.63, 3.8) is 0 Å². The van der Waals surface area contributed by atoms with Crippen LogP contribution in [0.5, 0.6) is 0 Å². The maximum absolute atomic E-state index is 11.2. The number of rotatable bonds is 5. The summed E-state index contributed by atoms with van der Waals surface area (Å²) >= 11 is 0. The van der Waals surface area contributed by atoms with Gasteiger partial charge in [0.15, 0.2) is 0 Å². The lowest BCUT2D eigenvalue weighted by molar-refractivity contribution is -0.143. The molecule has 1 aliphatic rings. The lowest BCUT2D eigenvalue weighted by Crippen LogP contribution is -2.38. The van der Waals surface area contributed by atoms with Crippen molar-refractivity contribution in [2.75, 3.05) is 26.2 Å². The molecule has 0 spiro atoms. The average molecular weight is 229 g/mol. The highest BCUT2D eigenvalue weighted by molar-refractivity contribution is 5.69. The molecule has 1 N–H and O–H groups in total. The van der Waals surface area contributed by atoms with E-state index in [-0.39, 0.29) is 12.1 Å². The largest absolute Gasteiger partial charge is 0.466 e. The van der Waals surface area contributed by atoms with Crippen molar-refractivity contribution in [1.82, 2.24) is 4.90 Å². The Balaban J connectivity index is 2.15. The Morgan fingerprint density at radius 1 is 1.50 bits per heavy atom. The summed E-state index contributed by atoms with van der Waals surface area (Å²) in [5.74, 6) is 0.319. The fraction of sp³-hybridized carbons (Fsp3) is 0.917. The molecule has 1 rings (SSSR count). The van der Waals surface area contributed by atoms with E-state index in [2.05, 4.69) is 4.90 Å². The highest BCUT2D eigenvalue weighted by atomic mass is 16.5. The van der Waals surface area contributed by atoms with Gasteiger partial charge in [-0.25, -0.2) is 0 Å². The number of likely N-dealkylation sites (tertiary alicyclic amines) is 1. The fourth-order valence-corrected chi connectivity index (χ4v) is 2.14.